The fourth-order valence-corrected chi connectivity index (χ4v) is 3.86. The van der Waals surface area contributed by atoms with Gasteiger partial charge in [-0.15, -0.1) is 0 Å². The Labute approximate surface area is 201 Å². The topological polar surface area (TPSA) is 78.8 Å². The van der Waals surface area contributed by atoms with Crippen LogP contribution in [0.1, 0.15) is 18.9 Å². The Kier molecular flexibility index (Phi) is 6.10. The van der Waals surface area contributed by atoms with E-state index in [1.807, 2.05) is 42.5 Å². The molecule has 2 aliphatic rings. The number of halogens is 2. The number of aromatic nitrogens is 4. The molecule has 176 valence electrons. The number of anilines is 1. The molecule has 0 amide bonds. The molecule has 0 spiro atoms. The predicted molar refractivity (Wildman–Crippen MR) is 131 cm³/mol. The summed E-state index contributed by atoms with van der Waals surface area (Å²) in [5, 5.41) is 4.39. The lowest BCUT2D eigenvalue weighted by atomic mass is 10.0. The van der Waals surface area contributed by atoms with Crippen LogP contribution in [-0.4, -0.2) is 26.4 Å². The highest BCUT2D eigenvalue weighted by molar-refractivity contribution is 5.77. The first-order chi connectivity index (χ1) is 17.0. The van der Waals surface area contributed by atoms with E-state index in [1.54, 1.807) is 17.1 Å². The number of nitrogens with zero attached hydrogens (tertiary/aromatic N) is 4. The first-order valence-corrected chi connectivity index (χ1v) is 11.3. The molecule has 0 radical (unpaired) electrons. The highest BCUT2D eigenvalue weighted by Crippen LogP contribution is 2.30. The number of nitrogens with two attached hydrogens (primary N) is 1. The standard InChI is InChI=1S/C27H23F2N5O/c1-2-12-35-19-9-7-18(8-10-19)20-11-6-17(13-23(20)30)15-34-16-25-24(14-31-34)32-27(33-25)21-4-3-5-22(28)26(21)29/h3-11,13-14,16H,2,12,15,30H2,1H3. The number of rotatable bonds is 7. The molecule has 2 aliphatic heterocycles. The summed E-state index contributed by atoms with van der Waals surface area (Å²) in [5.74, 6) is -0.951. The highest BCUT2D eigenvalue weighted by Gasteiger charge is 2.18. The van der Waals surface area contributed by atoms with E-state index in [4.69, 9.17) is 10.5 Å². The average molecular weight is 472 g/mol. The quantitative estimate of drug-likeness (QED) is 0.303. The van der Waals surface area contributed by atoms with Gasteiger partial charge in [-0.2, -0.15) is 5.10 Å². The minimum atomic E-state index is -0.970. The molecule has 6 nitrogen and oxygen atoms in total. The van der Waals surface area contributed by atoms with Crippen molar-refractivity contribution >= 4 is 5.69 Å². The maximum atomic E-state index is 14.2. The van der Waals surface area contributed by atoms with Gasteiger partial charge in [-0.05, 0) is 47.9 Å². The van der Waals surface area contributed by atoms with Crippen LogP contribution >= 0.6 is 0 Å². The Morgan fingerprint density at radius 2 is 1.74 bits per heavy atom. The van der Waals surface area contributed by atoms with E-state index in [1.165, 1.54) is 12.1 Å². The van der Waals surface area contributed by atoms with Crippen LogP contribution in [0.25, 0.3) is 33.9 Å². The molecule has 0 saturated carbocycles. The van der Waals surface area contributed by atoms with Crippen molar-refractivity contribution in [3.63, 3.8) is 0 Å². The average Bonchev–Trinajstić information content (AvgIpc) is 3.28. The molecule has 0 unspecified atom stereocenters. The molecule has 2 N–H and O–H groups in total. The molecule has 5 rings (SSSR count). The SMILES string of the molecule is CCCOc1ccc(-c2ccc(Cn3cc4nc(-c5cccc(F)c5F)nc-4cn3)cc2N)cc1. The molecule has 3 aromatic rings. The molecule has 8 heteroatoms. The molecule has 0 atom stereocenters. The second-order valence-electron chi connectivity index (χ2n) is 8.18. The van der Waals surface area contributed by atoms with Crippen LogP contribution in [0.4, 0.5) is 14.5 Å². The monoisotopic (exact) mass is 471 g/mol. The summed E-state index contributed by atoms with van der Waals surface area (Å²) in [5.41, 5.74) is 11.0. The van der Waals surface area contributed by atoms with E-state index in [-0.39, 0.29) is 11.4 Å². The van der Waals surface area contributed by atoms with Crippen molar-refractivity contribution in [2.75, 3.05) is 12.3 Å². The Hall–Kier alpha value is -4.33. The Morgan fingerprint density at radius 3 is 2.51 bits per heavy atom. The fraction of sp³-hybridized carbons (Fsp3) is 0.148. The second-order valence-corrected chi connectivity index (χ2v) is 8.18. The van der Waals surface area contributed by atoms with E-state index < -0.39 is 11.6 Å². The van der Waals surface area contributed by atoms with Crippen LogP contribution < -0.4 is 10.5 Å². The van der Waals surface area contributed by atoms with Crippen LogP contribution in [0, 0.1) is 11.6 Å². The zero-order valence-electron chi connectivity index (χ0n) is 19.1. The summed E-state index contributed by atoms with van der Waals surface area (Å²) in [6.07, 6.45) is 4.24. The Morgan fingerprint density at radius 1 is 0.943 bits per heavy atom. The van der Waals surface area contributed by atoms with Crippen LogP contribution in [0.5, 0.6) is 5.75 Å². The van der Waals surface area contributed by atoms with E-state index in [2.05, 4.69) is 22.0 Å². The van der Waals surface area contributed by atoms with E-state index >= 15 is 0 Å². The summed E-state index contributed by atoms with van der Waals surface area (Å²) in [6.45, 7) is 3.22. The van der Waals surface area contributed by atoms with Crippen LogP contribution in [0.3, 0.4) is 0 Å². The van der Waals surface area contributed by atoms with E-state index in [0.717, 1.165) is 34.9 Å². The van der Waals surface area contributed by atoms with Crippen molar-refractivity contribution in [3.8, 4) is 39.7 Å². The molecule has 0 fully saturated rings. The number of imidazole rings is 1. The number of fused-ring (bicyclic) bond motifs is 1. The smallest absolute Gasteiger partial charge is 0.169 e. The summed E-state index contributed by atoms with van der Waals surface area (Å²) >= 11 is 0. The Bertz CT molecular complexity index is 1450. The third-order valence-corrected chi connectivity index (χ3v) is 5.61. The van der Waals surface area contributed by atoms with E-state index in [0.29, 0.717) is 30.2 Å². The minimum absolute atomic E-state index is 0.0149. The van der Waals surface area contributed by atoms with Gasteiger partial charge in [0, 0.05) is 11.3 Å². The number of benzene rings is 3. The Balaban J connectivity index is 1.36. The minimum Gasteiger partial charge on any atom is -0.494 e. The molecule has 0 aliphatic carbocycles. The van der Waals surface area contributed by atoms with Gasteiger partial charge in [-0.1, -0.05) is 37.3 Å². The van der Waals surface area contributed by atoms with Crippen LogP contribution in [-0.2, 0) is 6.54 Å². The van der Waals surface area contributed by atoms with Gasteiger partial charge in [0.2, 0.25) is 0 Å². The number of hydrogen-bond acceptors (Lipinski definition) is 5. The second kappa shape index (κ2) is 9.50. The van der Waals surface area contributed by atoms with Gasteiger partial charge in [0.1, 0.15) is 17.1 Å². The normalized spacial score (nSPS) is 11.2. The van der Waals surface area contributed by atoms with Crippen molar-refractivity contribution in [3.05, 3.63) is 90.3 Å². The van der Waals surface area contributed by atoms with Crippen molar-refractivity contribution in [2.24, 2.45) is 0 Å². The first-order valence-electron chi connectivity index (χ1n) is 11.3. The van der Waals surface area contributed by atoms with Gasteiger partial charge >= 0.3 is 0 Å². The lowest BCUT2D eigenvalue weighted by Crippen LogP contribution is -2.06. The maximum absolute atomic E-state index is 14.2. The van der Waals surface area contributed by atoms with Crippen molar-refractivity contribution < 1.29 is 13.5 Å². The fourth-order valence-electron chi connectivity index (χ4n) is 3.86. The lowest BCUT2D eigenvalue weighted by molar-refractivity contribution is 0.317. The van der Waals surface area contributed by atoms with Gasteiger partial charge in [0.05, 0.1) is 31.1 Å². The molecular weight excluding hydrogens is 448 g/mol. The first kappa shape index (κ1) is 22.5. The van der Waals surface area contributed by atoms with Gasteiger partial charge in [-0.25, -0.2) is 18.7 Å². The summed E-state index contributed by atoms with van der Waals surface area (Å²) in [6, 6.07) is 17.7. The number of hydrogen-bond donors (Lipinski definition) is 1. The number of nitrogen functional groups attached to an aromatic ring is 1. The van der Waals surface area contributed by atoms with Crippen molar-refractivity contribution in [1.82, 2.24) is 19.7 Å². The molecule has 35 heavy (non-hydrogen) atoms. The summed E-state index contributed by atoms with van der Waals surface area (Å²) in [7, 11) is 0. The van der Waals surface area contributed by atoms with Crippen molar-refractivity contribution in [1.29, 1.82) is 0 Å². The van der Waals surface area contributed by atoms with Crippen LogP contribution in [0.15, 0.2) is 73.1 Å². The third kappa shape index (κ3) is 4.68. The molecular formula is C27H23F2N5O. The van der Waals surface area contributed by atoms with Gasteiger partial charge in [0.15, 0.2) is 17.5 Å². The predicted octanol–water partition coefficient (Wildman–Crippen LogP) is 5.81. The van der Waals surface area contributed by atoms with Gasteiger partial charge < -0.3 is 10.5 Å². The zero-order valence-corrected chi connectivity index (χ0v) is 19.1. The highest BCUT2D eigenvalue weighted by atomic mass is 19.2. The molecule has 0 bridgehead atoms. The summed E-state index contributed by atoms with van der Waals surface area (Å²) in [4.78, 5) is 8.66. The summed E-state index contributed by atoms with van der Waals surface area (Å²) < 4.78 is 35.1. The molecule has 0 saturated heterocycles. The van der Waals surface area contributed by atoms with Gasteiger partial charge in [-0.3, -0.25) is 4.68 Å². The molecule has 2 heterocycles. The third-order valence-electron chi connectivity index (χ3n) is 5.61. The molecule has 3 aromatic carbocycles. The van der Waals surface area contributed by atoms with Gasteiger partial charge in [0.25, 0.3) is 0 Å². The zero-order chi connectivity index (χ0) is 24.4. The van der Waals surface area contributed by atoms with Crippen LogP contribution in [0.2, 0.25) is 0 Å². The lowest BCUT2D eigenvalue weighted by Gasteiger charge is -2.11. The molecule has 0 aromatic heterocycles. The number of ether oxygens (including phenoxy) is 1. The van der Waals surface area contributed by atoms with E-state index in [9.17, 15) is 8.78 Å². The maximum Gasteiger partial charge on any atom is 0.169 e. The van der Waals surface area contributed by atoms with Crippen molar-refractivity contribution in [2.45, 2.75) is 19.9 Å². The largest absolute Gasteiger partial charge is 0.494 e.